The molecule has 66 valence electrons. The molecule has 0 N–H and O–H groups in total. The summed E-state index contributed by atoms with van der Waals surface area (Å²) in [6, 6.07) is 0. The van der Waals surface area contributed by atoms with Gasteiger partial charge >= 0.3 is 0 Å². The Kier molecular flexibility index (Phi) is 2.69. The SMILES string of the molecule is C=C(C)Cn1ccnc1C(C)C. The van der Waals surface area contributed by atoms with E-state index in [9.17, 15) is 0 Å². The molecule has 0 fully saturated rings. The van der Waals surface area contributed by atoms with Gasteiger partial charge < -0.3 is 4.57 Å². The molecule has 1 rings (SSSR count). The van der Waals surface area contributed by atoms with Crippen molar-refractivity contribution in [2.75, 3.05) is 0 Å². The molecular weight excluding hydrogens is 148 g/mol. The molecule has 0 bridgehead atoms. The molecule has 0 saturated carbocycles. The van der Waals surface area contributed by atoms with Crippen LogP contribution in [0, 0.1) is 0 Å². The number of hydrogen-bond donors (Lipinski definition) is 0. The first-order valence-electron chi connectivity index (χ1n) is 4.26. The largest absolute Gasteiger partial charge is 0.331 e. The number of hydrogen-bond acceptors (Lipinski definition) is 1. The predicted octanol–water partition coefficient (Wildman–Crippen LogP) is 2.58. The lowest BCUT2D eigenvalue weighted by Gasteiger charge is -2.09. The number of imidazole rings is 1. The standard InChI is InChI=1S/C10H16N2/c1-8(2)7-12-6-5-11-10(12)9(3)4/h5-6,9H,1,7H2,2-4H3. The van der Waals surface area contributed by atoms with Crippen LogP contribution in [0.15, 0.2) is 24.5 Å². The Morgan fingerprint density at radius 1 is 1.67 bits per heavy atom. The first-order chi connectivity index (χ1) is 5.61. The smallest absolute Gasteiger partial charge is 0.111 e. The van der Waals surface area contributed by atoms with E-state index in [4.69, 9.17) is 0 Å². The normalized spacial score (nSPS) is 10.7. The second-order valence-corrected chi connectivity index (χ2v) is 3.53. The molecule has 0 amide bonds. The maximum Gasteiger partial charge on any atom is 0.111 e. The quantitative estimate of drug-likeness (QED) is 0.628. The molecule has 0 saturated heterocycles. The third-order valence-electron chi connectivity index (χ3n) is 1.70. The highest BCUT2D eigenvalue weighted by atomic mass is 15.1. The van der Waals surface area contributed by atoms with Crippen LogP contribution >= 0.6 is 0 Å². The van der Waals surface area contributed by atoms with Crippen molar-refractivity contribution in [2.24, 2.45) is 0 Å². The Hall–Kier alpha value is -1.05. The second-order valence-electron chi connectivity index (χ2n) is 3.53. The van der Waals surface area contributed by atoms with Crippen LogP contribution in [0.25, 0.3) is 0 Å². The molecule has 0 aromatic carbocycles. The third-order valence-corrected chi connectivity index (χ3v) is 1.70. The minimum absolute atomic E-state index is 0.486. The van der Waals surface area contributed by atoms with E-state index in [0.29, 0.717) is 5.92 Å². The van der Waals surface area contributed by atoms with Gasteiger partial charge in [-0.05, 0) is 6.92 Å². The van der Waals surface area contributed by atoms with Gasteiger partial charge in [0.2, 0.25) is 0 Å². The molecule has 0 spiro atoms. The van der Waals surface area contributed by atoms with Gasteiger partial charge in [-0.25, -0.2) is 4.98 Å². The topological polar surface area (TPSA) is 17.8 Å². The van der Waals surface area contributed by atoms with Crippen LogP contribution in [0.2, 0.25) is 0 Å². The second kappa shape index (κ2) is 3.57. The van der Waals surface area contributed by atoms with Gasteiger partial charge in [0, 0.05) is 24.9 Å². The van der Waals surface area contributed by atoms with Crippen molar-refractivity contribution in [3.8, 4) is 0 Å². The molecule has 0 unspecified atom stereocenters. The molecule has 1 aromatic heterocycles. The van der Waals surface area contributed by atoms with Gasteiger partial charge in [0.05, 0.1) is 0 Å². The van der Waals surface area contributed by atoms with Crippen molar-refractivity contribution in [3.05, 3.63) is 30.4 Å². The summed E-state index contributed by atoms with van der Waals surface area (Å²) >= 11 is 0. The van der Waals surface area contributed by atoms with E-state index < -0.39 is 0 Å². The molecular formula is C10H16N2. The minimum atomic E-state index is 0.486. The summed E-state index contributed by atoms with van der Waals surface area (Å²) < 4.78 is 2.15. The van der Waals surface area contributed by atoms with E-state index in [2.05, 4.69) is 30.0 Å². The average molecular weight is 164 g/mol. The number of aromatic nitrogens is 2. The zero-order valence-corrected chi connectivity index (χ0v) is 8.04. The van der Waals surface area contributed by atoms with Gasteiger partial charge in [0.15, 0.2) is 0 Å². The van der Waals surface area contributed by atoms with Gasteiger partial charge in [-0.3, -0.25) is 0 Å². The molecule has 0 aliphatic carbocycles. The van der Waals surface area contributed by atoms with Gasteiger partial charge in [-0.15, -0.1) is 0 Å². The molecule has 12 heavy (non-hydrogen) atoms. The van der Waals surface area contributed by atoms with E-state index in [1.807, 2.05) is 19.3 Å². The molecule has 2 nitrogen and oxygen atoms in total. The van der Waals surface area contributed by atoms with E-state index >= 15 is 0 Å². The van der Waals surface area contributed by atoms with Crippen LogP contribution in [-0.2, 0) is 6.54 Å². The molecule has 1 heterocycles. The van der Waals surface area contributed by atoms with E-state index in [0.717, 1.165) is 17.9 Å². The van der Waals surface area contributed by atoms with Crippen molar-refractivity contribution >= 4 is 0 Å². The van der Waals surface area contributed by atoms with Crippen LogP contribution < -0.4 is 0 Å². The van der Waals surface area contributed by atoms with Crippen molar-refractivity contribution < 1.29 is 0 Å². The number of nitrogens with zero attached hydrogens (tertiary/aromatic N) is 2. The summed E-state index contributed by atoms with van der Waals surface area (Å²) in [5, 5.41) is 0. The maximum atomic E-state index is 4.29. The van der Waals surface area contributed by atoms with E-state index in [1.165, 1.54) is 0 Å². The van der Waals surface area contributed by atoms with Crippen molar-refractivity contribution in [1.29, 1.82) is 0 Å². The molecule has 2 heteroatoms. The zero-order valence-electron chi connectivity index (χ0n) is 8.04. The van der Waals surface area contributed by atoms with Crippen molar-refractivity contribution in [3.63, 3.8) is 0 Å². The first-order valence-corrected chi connectivity index (χ1v) is 4.26. The Morgan fingerprint density at radius 3 is 2.83 bits per heavy atom. The van der Waals surface area contributed by atoms with Crippen LogP contribution in [0.1, 0.15) is 32.5 Å². The van der Waals surface area contributed by atoms with Crippen LogP contribution in [0.4, 0.5) is 0 Å². The van der Waals surface area contributed by atoms with Crippen LogP contribution in [0.5, 0.6) is 0 Å². The summed E-state index contributed by atoms with van der Waals surface area (Å²) in [7, 11) is 0. The molecule has 0 radical (unpaired) electrons. The van der Waals surface area contributed by atoms with Gasteiger partial charge in [-0.1, -0.05) is 26.0 Å². The molecule has 0 atom stereocenters. The fraction of sp³-hybridized carbons (Fsp3) is 0.500. The summed E-state index contributed by atoms with van der Waals surface area (Å²) in [5.74, 6) is 1.62. The van der Waals surface area contributed by atoms with Gasteiger partial charge in [0.1, 0.15) is 5.82 Å². The molecule has 0 aliphatic heterocycles. The van der Waals surface area contributed by atoms with E-state index in [-0.39, 0.29) is 0 Å². The highest BCUT2D eigenvalue weighted by Crippen LogP contribution is 2.12. The lowest BCUT2D eigenvalue weighted by molar-refractivity contribution is 0.665. The highest BCUT2D eigenvalue weighted by molar-refractivity contribution is 5.01. The molecule has 0 aliphatic rings. The van der Waals surface area contributed by atoms with Crippen molar-refractivity contribution in [1.82, 2.24) is 9.55 Å². The molecule has 1 aromatic rings. The van der Waals surface area contributed by atoms with Crippen LogP contribution in [-0.4, -0.2) is 9.55 Å². The fourth-order valence-corrected chi connectivity index (χ4v) is 1.25. The number of allylic oxidation sites excluding steroid dienone is 1. The van der Waals surface area contributed by atoms with Gasteiger partial charge in [0.25, 0.3) is 0 Å². The monoisotopic (exact) mass is 164 g/mol. The lowest BCUT2D eigenvalue weighted by Crippen LogP contribution is -2.04. The minimum Gasteiger partial charge on any atom is -0.331 e. The Balaban J connectivity index is 2.84. The average Bonchev–Trinajstić information content (AvgIpc) is 2.33. The summed E-state index contributed by atoms with van der Waals surface area (Å²) in [5.41, 5.74) is 1.16. The third kappa shape index (κ3) is 1.97. The Morgan fingerprint density at radius 2 is 2.33 bits per heavy atom. The zero-order chi connectivity index (χ0) is 9.14. The first kappa shape index (κ1) is 9.04. The fourth-order valence-electron chi connectivity index (χ4n) is 1.25. The summed E-state index contributed by atoms with van der Waals surface area (Å²) in [6.07, 6.45) is 3.85. The van der Waals surface area contributed by atoms with Crippen molar-refractivity contribution in [2.45, 2.75) is 33.2 Å². The lowest BCUT2D eigenvalue weighted by atomic mass is 10.2. The van der Waals surface area contributed by atoms with Gasteiger partial charge in [-0.2, -0.15) is 0 Å². The highest BCUT2D eigenvalue weighted by Gasteiger charge is 2.05. The number of rotatable bonds is 3. The Labute approximate surface area is 73.9 Å². The van der Waals surface area contributed by atoms with E-state index in [1.54, 1.807) is 0 Å². The maximum absolute atomic E-state index is 4.29. The summed E-state index contributed by atoms with van der Waals surface area (Å²) in [6.45, 7) is 11.1. The van der Waals surface area contributed by atoms with Crippen LogP contribution in [0.3, 0.4) is 0 Å². The predicted molar refractivity (Wildman–Crippen MR) is 51.1 cm³/mol. The summed E-state index contributed by atoms with van der Waals surface area (Å²) in [4.78, 5) is 4.29. The Bertz CT molecular complexity index is 271.